The summed E-state index contributed by atoms with van der Waals surface area (Å²) in [5, 5.41) is 4.86. The molecule has 0 atom stereocenters. The lowest BCUT2D eigenvalue weighted by atomic mass is 10.3. The lowest BCUT2D eigenvalue weighted by Gasteiger charge is -2.10. The van der Waals surface area contributed by atoms with Gasteiger partial charge in [0.2, 0.25) is 0 Å². The molecule has 0 aliphatic rings. The Morgan fingerprint density at radius 1 is 1.43 bits per heavy atom. The normalized spacial score (nSPS) is 10.8. The summed E-state index contributed by atoms with van der Waals surface area (Å²) >= 11 is 1.52. The Bertz CT molecular complexity index is 791. The maximum atomic E-state index is 12.3. The van der Waals surface area contributed by atoms with E-state index in [1.54, 1.807) is 6.20 Å². The van der Waals surface area contributed by atoms with Crippen LogP contribution in [0.4, 0.5) is 5.69 Å². The number of aromatic nitrogens is 2. The van der Waals surface area contributed by atoms with Crippen LogP contribution in [0.3, 0.4) is 0 Å². The first-order chi connectivity index (χ1) is 10.2. The van der Waals surface area contributed by atoms with E-state index in [-0.39, 0.29) is 5.91 Å². The van der Waals surface area contributed by atoms with Crippen molar-refractivity contribution in [3.05, 3.63) is 47.2 Å². The molecule has 0 bridgehead atoms. The summed E-state index contributed by atoms with van der Waals surface area (Å²) in [7, 11) is 0. The van der Waals surface area contributed by atoms with Crippen LogP contribution in [0.1, 0.15) is 23.1 Å². The Morgan fingerprint density at radius 3 is 3.00 bits per heavy atom. The standard InChI is InChI=1S/C15H15N3O2S/c1-3-20-13-7-5-4-6-11(13)16-14(19)12-8-18-10(2)9-21-15(18)17-12/h4-9H,3H2,1-2H3,(H,16,19). The third-order valence-electron chi connectivity index (χ3n) is 3.06. The van der Waals surface area contributed by atoms with E-state index < -0.39 is 0 Å². The number of amides is 1. The van der Waals surface area contributed by atoms with Gasteiger partial charge in [-0.3, -0.25) is 9.20 Å². The SMILES string of the molecule is CCOc1ccccc1NC(=O)c1cn2c(C)csc2n1. The Hall–Kier alpha value is -2.34. The van der Waals surface area contributed by atoms with Gasteiger partial charge in [-0.15, -0.1) is 11.3 Å². The molecule has 6 heteroatoms. The molecule has 0 aliphatic carbocycles. The Labute approximate surface area is 126 Å². The highest BCUT2D eigenvalue weighted by Crippen LogP contribution is 2.24. The molecule has 108 valence electrons. The molecule has 0 saturated carbocycles. The van der Waals surface area contributed by atoms with E-state index in [2.05, 4.69) is 10.3 Å². The van der Waals surface area contributed by atoms with Gasteiger partial charge < -0.3 is 10.1 Å². The molecule has 5 nitrogen and oxygen atoms in total. The van der Waals surface area contributed by atoms with Gasteiger partial charge in [-0.25, -0.2) is 4.98 Å². The zero-order valence-corrected chi connectivity index (χ0v) is 12.6. The Morgan fingerprint density at radius 2 is 2.24 bits per heavy atom. The quantitative estimate of drug-likeness (QED) is 0.804. The van der Waals surface area contributed by atoms with Crippen molar-refractivity contribution < 1.29 is 9.53 Å². The number of anilines is 1. The van der Waals surface area contributed by atoms with Crippen molar-refractivity contribution in [3.63, 3.8) is 0 Å². The molecule has 21 heavy (non-hydrogen) atoms. The van der Waals surface area contributed by atoms with Crippen LogP contribution in [0.25, 0.3) is 4.96 Å². The van der Waals surface area contributed by atoms with Crippen molar-refractivity contribution in [2.45, 2.75) is 13.8 Å². The van der Waals surface area contributed by atoms with Crippen LogP contribution in [0.5, 0.6) is 5.75 Å². The van der Waals surface area contributed by atoms with Crippen LogP contribution in [0, 0.1) is 6.92 Å². The lowest BCUT2D eigenvalue weighted by Crippen LogP contribution is -2.13. The Kier molecular flexibility index (Phi) is 3.62. The number of thiazole rings is 1. The number of para-hydroxylation sites is 2. The van der Waals surface area contributed by atoms with Crippen molar-refractivity contribution in [2.75, 3.05) is 11.9 Å². The van der Waals surface area contributed by atoms with Crippen LogP contribution in [0.2, 0.25) is 0 Å². The summed E-state index contributed by atoms with van der Waals surface area (Å²) in [4.78, 5) is 17.5. The van der Waals surface area contributed by atoms with Crippen molar-refractivity contribution in [3.8, 4) is 5.75 Å². The van der Waals surface area contributed by atoms with E-state index in [1.807, 2.05) is 47.9 Å². The van der Waals surface area contributed by atoms with Crippen LogP contribution < -0.4 is 10.1 Å². The maximum Gasteiger partial charge on any atom is 0.276 e. The Balaban J connectivity index is 1.85. The van der Waals surface area contributed by atoms with Crippen LogP contribution in [0.15, 0.2) is 35.8 Å². The van der Waals surface area contributed by atoms with E-state index in [0.717, 1.165) is 10.7 Å². The van der Waals surface area contributed by atoms with Crippen LogP contribution in [-0.2, 0) is 0 Å². The minimum absolute atomic E-state index is 0.238. The van der Waals surface area contributed by atoms with Gasteiger partial charge in [-0.2, -0.15) is 0 Å². The van der Waals surface area contributed by atoms with E-state index in [4.69, 9.17) is 4.74 Å². The summed E-state index contributed by atoms with van der Waals surface area (Å²) in [6.07, 6.45) is 1.75. The largest absolute Gasteiger partial charge is 0.492 e. The molecule has 0 spiro atoms. The first-order valence-corrected chi connectivity index (χ1v) is 7.53. The van der Waals surface area contributed by atoms with Gasteiger partial charge in [0, 0.05) is 17.3 Å². The topological polar surface area (TPSA) is 55.6 Å². The van der Waals surface area contributed by atoms with Gasteiger partial charge in [0.1, 0.15) is 11.4 Å². The molecule has 3 aromatic rings. The first kappa shape index (κ1) is 13.6. The van der Waals surface area contributed by atoms with Crippen LogP contribution >= 0.6 is 11.3 Å². The van der Waals surface area contributed by atoms with Gasteiger partial charge in [-0.1, -0.05) is 12.1 Å². The van der Waals surface area contributed by atoms with E-state index >= 15 is 0 Å². The minimum atomic E-state index is -0.238. The van der Waals surface area contributed by atoms with Gasteiger partial charge in [-0.05, 0) is 26.0 Å². The van der Waals surface area contributed by atoms with Crippen molar-refractivity contribution in [1.82, 2.24) is 9.38 Å². The highest BCUT2D eigenvalue weighted by molar-refractivity contribution is 7.15. The minimum Gasteiger partial charge on any atom is -0.492 e. The number of carbonyl (C=O) groups is 1. The zero-order chi connectivity index (χ0) is 14.8. The van der Waals surface area contributed by atoms with Gasteiger partial charge in [0.25, 0.3) is 5.91 Å². The second-order valence-corrected chi connectivity index (χ2v) is 5.38. The van der Waals surface area contributed by atoms with E-state index in [0.29, 0.717) is 23.7 Å². The number of hydrogen-bond donors (Lipinski definition) is 1. The zero-order valence-electron chi connectivity index (χ0n) is 11.8. The third kappa shape index (κ3) is 2.62. The molecule has 0 aliphatic heterocycles. The lowest BCUT2D eigenvalue weighted by molar-refractivity contribution is 0.102. The average Bonchev–Trinajstić information content (AvgIpc) is 3.04. The molecule has 0 saturated heterocycles. The highest BCUT2D eigenvalue weighted by atomic mass is 32.1. The maximum absolute atomic E-state index is 12.3. The summed E-state index contributed by atoms with van der Waals surface area (Å²) in [6.45, 7) is 4.44. The fraction of sp³-hybridized carbons (Fsp3) is 0.200. The predicted molar refractivity (Wildman–Crippen MR) is 83.4 cm³/mol. The van der Waals surface area contributed by atoms with Gasteiger partial charge >= 0.3 is 0 Å². The summed E-state index contributed by atoms with van der Waals surface area (Å²) in [5.41, 5.74) is 2.12. The van der Waals surface area contributed by atoms with Crippen molar-refractivity contribution in [2.24, 2.45) is 0 Å². The number of ether oxygens (including phenoxy) is 1. The molecular formula is C15H15N3O2S. The number of nitrogens with one attached hydrogen (secondary N) is 1. The molecular weight excluding hydrogens is 286 g/mol. The fourth-order valence-electron chi connectivity index (χ4n) is 2.04. The third-order valence-corrected chi connectivity index (χ3v) is 4.01. The predicted octanol–water partition coefficient (Wildman–Crippen LogP) is 3.36. The number of fused-ring (bicyclic) bond motifs is 1. The van der Waals surface area contributed by atoms with E-state index in [9.17, 15) is 4.79 Å². The molecule has 1 N–H and O–H groups in total. The summed E-state index contributed by atoms with van der Waals surface area (Å²) in [6, 6.07) is 7.37. The summed E-state index contributed by atoms with van der Waals surface area (Å²) < 4.78 is 7.41. The fourth-order valence-corrected chi connectivity index (χ4v) is 2.89. The molecule has 0 radical (unpaired) electrons. The second-order valence-electron chi connectivity index (χ2n) is 4.54. The van der Waals surface area contributed by atoms with Gasteiger partial charge in [0.15, 0.2) is 4.96 Å². The summed E-state index contributed by atoms with van der Waals surface area (Å²) in [5.74, 6) is 0.419. The number of imidazole rings is 1. The number of benzene rings is 1. The van der Waals surface area contributed by atoms with Crippen LogP contribution in [-0.4, -0.2) is 21.9 Å². The van der Waals surface area contributed by atoms with E-state index in [1.165, 1.54) is 11.3 Å². The molecule has 2 heterocycles. The number of nitrogens with zero attached hydrogens (tertiary/aromatic N) is 2. The monoisotopic (exact) mass is 301 g/mol. The van der Waals surface area contributed by atoms with Crippen molar-refractivity contribution >= 4 is 27.9 Å². The van der Waals surface area contributed by atoms with Gasteiger partial charge in [0.05, 0.1) is 12.3 Å². The second kappa shape index (κ2) is 5.57. The highest BCUT2D eigenvalue weighted by Gasteiger charge is 2.14. The number of aryl methyl sites for hydroxylation is 1. The molecule has 0 unspecified atom stereocenters. The molecule has 0 fully saturated rings. The van der Waals surface area contributed by atoms with Crippen molar-refractivity contribution in [1.29, 1.82) is 0 Å². The number of rotatable bonds is 4. The smallest absolute Gasteiger partial charge is 0.276 e. The molecule has 3 rings (SSSR count). The molecule has 2 aromatic heterocycles. The molecule has 1 amide bonds. The first-order valence-electron chi connectivity index (χ1n) is 6.65. The molecule has 1 aromatic carbocycles. The number of hydrogen-bond acceptors (Lipinski definition) is 4. The number of carbonyl (C=O) groups excluding carboxylic acids is 1. The average molecular weight is 301 g/mol.